The van der Waals surface area contributed by atoms with Crippen molar-refractivity contribution in [2.45, 2.75) is 26.8 Å². The van der Waals surface area contributed by atoms with Gasteiger partial charge >= 0.3 is 0 Å². The number of aryl methyl sites for hydroxylation is 1. The van der Waals surface area contributed by atoms with Gasteiger partial charge in [-0.3, -0.25) is 9.69 Å². The van der Waals surface area contributed by atoms with Gasteiger partial charge in [0.15, 0.2) is 0 Å². The van der Waals surface area contributed by atoms with Gasteiger partial charge < -0.3 is 10.4 Å². The summed E-state index contributed by atoms with van der Waals surface area (Å²) in [7, 11) is 0. The number of aliphatic hydroxyl groups excluding tert-OH is 1. The maximum Gasteiger partial charge on any atom is 0.241 e. The fourth-order valence-corrected chi connectivity index (χ4v) is 1.89. The number of carbonyl (C=O) groups excluding carboxylic acids is 1. The van der Waals surface area contributed by atoms with Gasteiger partial charge in [-0.15, -0.1) is 0 Å². The van der Waals surface area contributed by atoms with E-state index in [2.05, 4.69) is 5.32 Å². The maximum atomic E-state index is 13.1. The van der Waals surface area contributed by atoms with E-state index in [0.29, 0.717) is 18.8 Å². The summed E-state index contributed by atoms with van der Waals surface area (Å²) in [5.41, 5.74) is 1.30. The standard InChI is InChI=1S/C14H21FN2O2/c1-4-17(7-8-18)11(3)14(19)16-13-9-12(15)6-5-10(13)2/h5-6,9,11,18H,4,7-8H2,1-3H3,(H,16,19). The molecule has 19 heavy (non-hydrogen) atoms. The average Bonchev–Trinajstić information content (AvgIpc) is 2.39. The Morgan fingerprint density at radius 3 is 2.79 bits per heavy atom. The lowest BCUT2D eigenvalue weighted by Gasteiger charge is -2.26. The molecule has 0 aromatic heterocycles. The van der Waals surface area contributed by atoms with Crippen molar-refractivity contribution in [1.82, 2.24) is 4.90 Å². The molecule has 1 aromatic rings. The number of halogens is 1. The quantitative estimate of drug-likeness (QED) is 0.827. The maximum absolute atomic E-state index is 13.1. The van der Waals surface area contributed by atoms with Crippen molar-refractivity contribution >= 4 is 11.6 Å². The first-order valence-corrected chi connectivity index (χ1v) is 6.41. The van der Waals surface area contributed by atoms with Crippen LogP contribution in [-0.4, -0.2) is 41.7 Å². The molecular formula is C14H21FN2O2. The van der Waals surface area contributed by atoms with Gasteiger partial charge in [0, 0.05) is 12.2 Å². The predicted molar refractivity (Wildman–Crippen MR) is 73.6 cm³/mol. The van der Waals surface area contributed by atoms with Crippen LogP contribution < -0.4 is 5.32 Å². The number of rotatable bonds is 6. The SMILES string of the molecule is CCN(CCO)C(C)C(=O)Nc1cc(F)ccc1C. The van der Waals surface area contributed by atoms with Crippen molar-refractivity contribution in [3.05, 3.63) is 29.6 Å². The monoisotopic (exact) mass is 268 g/mol. The summed E-state index contributed by atoms with van der Waals surface area (Å²) in [6.45, 7) is 6.61. The molecule has 0 aliphatic heterocycles. The minimum absolute atomic E-state index is 0.00442. The highest BCUT2D eigenvalue weighted by molar-refractivity contribution is 5.95. The third-order valence-electron chi connectivity index (χ3n) is 3.18. The summed E-state index contributed by atoms with van der Waals surface area (Å²) in [5.74, 6) is -0.583. The first-order chi connectivity index (χ1) is 8.99. The van der Waals surface area contributed by atoms with Crippen LogP contribution in [0.3, 0.4) is 0 Å². The van der Waals surface area contributed by atoms with Crippen LogP contribution >= 0.6 is 0 Å². The summed E-state index contributed by atoms with van der Waals surface area (Å²) in [6, 6.07) is 3.92. The van der Waals surface area contributed by atoms with Gasteiger partial charge in [0.25, 0.3) is 0 Å². The first-order valence-electron chi connectivity index (χ1n) is 6.41. The molecule has 4 nitrogen and oxygen atoms in total. The predicted octanol–water partition coefficient (Wildman–Crippen LogP) is 1.78. The van der Waals surface area contributed by atoms with Crippen LogP contribution in [0.25, 0.3) is 0 Å². The Kier molecular flexibility index (Phi) is 5.92. The Labute approximate surface area is 113 Å². The summed E-state index contributed by atoms with van der Waals surface area (Å²) >= 11 is 0. The molecule has 0 saturated carbocycles. The van der Waals surface area contributed by atoms with Crippen LogP contribution in [0.4, 0.5) is 10.1 Å². The number of nitrogens with one attached hydrogen (secondary N) is 1. The highest BCUT2D eigenvalue weighted by Gasteiger charge is 2.20. The average molecular weight is 268 g/mol. The Bertz CT molecular complexity index is 437. The number of anilines is 1. The van der Waals surface area contributed by atoms with E-state index in [4.69, 9.17) is 5.11 Å². The van der Waals surface area contributed by atoms with Crippen LogP contribution in [-0.2, 0) is 4.79 Å². The summed E-state index contributed by atoms with van der Waals surface area (Å²) in [5, 5.41) is 11.7. The van der Waals surface area contributed by atoms with Crippen molar-refractivity contribution < 1.29 is 14.3 Å². The number of nitrogens with zero attached hydrogens (tertiary/aromatic N) is 1. The third kappa shape index (κ3) is 4.29. The molecule has 5 heteroatoms. The lowest BCUT2D eigenvalue weighted by Crippen LogP contribution is -2.43. The molecule has 0 fully saturated rings. The highest BCUT2D eigenvalue weighted by Crippen LogP contribution is 2.16. The lowest BCUT2D eigenvalue weighted by molar-refractivity contribution is -0.120. The molecule has 0 bridgehead atoms. The molecule has 1 unspecified atom stereocenters. The lowest BCUT2D eigenvalue weighted by atomic mass is 10.2. The number of hydrogen-bond donors (Lipinski definition) is 2. The molecule has 0 saturated heterocycles. The fourth-order valence-electron chi connectivity index (χ4n) is 1.89. The highest BCUT2D eigenvalue weighted by atomic mass is 19.1. The van der Waals surface area contributed by atoms with Crippen LogP contribution in [0, 0.1) is 12.7 Å². The van der Waals surface area contributed by atoms with E-state index in [-0.39, 0.29) is 24.4 Å². The van der Waals surface area contributed by atoms with Gasteiger partial charge in [-0.25, -0.2) is 4.39 Å². The Hall–Kier alpha value is -1.46. The van der Waals surface area contributed by atoms with E-state index >= 15 is 0 Å². The van der Waals surface area contributed by atoms with Crippen LogP contribution in [0.5, 0.6) is 0 Å². The van der Waals surface area contributed by atoms with Gasteiger partial charge in [-0.2, -0.15) is 0 Å². The normalized spacial score (nSPS) is 12.5. The Morgan fingerprint density at radius 2 is 2.21 bits per heavy atom. The van der Waals surface area contributed by atoms with Crippen molar-refractivity contribution in [2.75, 3.05) is 25.0 Å². The van der Waals surface area contributed by atoms with Crippen molar-refractivity contribution in [3.8, 4) is 0 Å². The molecule has 1 rings (SSSR count). The molecule has 106 valence electrons. The summed E-state index contributed by atoms with van der Waals surface area (Å²) in [4.78, 5) is 13.9. The molecule has 0 radical (unpaired) electrons. The fraction of sp³-hybridized carbons (Fsp3) is 0.500. The number of carbonyl (C=O) groups is 1. The second kappa shape index (κ2) is 7.21. The smallest absolute Gasteiger partial charge is 0.241 e. The number of likely N-dealkylation sites (N-methyl/N-ethyl adjacent to an activating group) is 1. The van der Waals surface area contributed by atoms with Crippen LogP contribution in [0.1, 0.15) is 19.4 Å². The topological polar surface area (TPSA) is 52.6 Å². The second-order valence-electron chi connectivity index (χ2n) is 4.48. The Balaban J connectivity index is 2.75. The summed E-state index contributed by atoms with van der Waals surface area (Å²) < 4.78 is 13.1. The zero-order valence-electron chi connectivity index (χ0n) is 11.6. The minimum Gasteiger partial charge on any atom is -0.395 e. The molecule has 1 atom stereocenters. The molecular weight excluding hydrogens is 247 g/mol. The Morgan fingerprint density at radius 1 is 1.53 bits per heavy atom. The number of benzene rings is 1. The molecule has 0 aliphatic rings. The zero-order chi connectivity index (χ0) is 14.4. The van der Waals surface area contributed by atoms with Crippen molar-refractivity contribution in [2.24, 2.45) is 0 Å². The molecule has 2 N–H and O–H groups in total. The van der Waals surface area contributed by atoms with E-state index in [1.54, 1.807) is 13.0 Å². The third-order valence-corrected chi connectivity index (χ3v) is 3.18. The summed E-state index contributed by atoms with van der Waals surface area (Å²) in [6.07, 6.45) is 0. The first kappa shape index (κ1) is 15.6. The van der Waals surface area contributed by atoms with Gasteiger partial charge in [0.2, 0.25) is 5.91 Å². The largest absolute Gasteiger partial charge is 0.395 e. The zero-order valence-corrected chi connectivity index (χ0v) is 11.6. The second-order valence-corrected chi connectivity index (χ2v) is 4.48. The van der Waals surface area contributed by atoms with E-state index < -0.39 is 0 Å². The van der Waals surface area contributed by atoms with E-state index in [1.165, 1.54) is 12.1 Å². The van der Waals surface area contributed by atoms with E-state index in [1.807, 2.05) is 18.7 Å². The molecule has 1 aromatic carbocycles. The minimum atomic E-state index is -0.378. The molecule has 0 aliphatic carbocycles. The van der Waals surface area contributed by atoms with E-state index in [9.17, 15) is 9.18 Å². The number of hydrogen-bond acceptors (Lipinski definition) is 3. The molecule has 0 spiro atoms. The van der Waals surface area contributed by atoms with Gasteiger partial charge in [-0.05, 0) is 38.1 Å². The van der Waals surface area contributed by atoms with Crippen molar-refractivity contribution in [3.63, 3.8) is 0 Å². The molecule has 0 heterocycles. The number of aliphatic hydroxyl groups is 1. The van der Waals surface area contributed by atoms with Crippen molar-refractivity contribution in [1.29, 1.82) is 0 Å². The van der Waals surface area contributed by atoms with Crippen LogP contribution in [0.2, 0.25) is 0 Å². The van der Waals surface area contributed by atoms with Gasteiger partial charge in [0.1, 0.15) is 5.82 Å². The molecule has 1 amide bonds. The van der Waals surface area contributed by atoms with E-state index in [0.717, 1.165) is 5.56 Å². The number of amides is 1. The van der Waals surface area contributed by atoms with Gasteiger partial charge in [-0.1, -0.05) is 13.0 Å². The van der Waals surface area contributed by atoms with Crippen LogP contribution in [0.15, 0.2) is 18.2 Å². The van der Waals surface area contributed by atoms with Gasteiger partial charge in [0.05, 0.1) is 12.6 Å².